The zero-order valence-electron chi connectivity index (χ0n) is 9.45. The van der Waals surface area contributed by atoms with Crippen molar-refractivity contribution in [2.24, 2.45) is 0 Å². The van der Waals surface area contributed by atoms with Crippen LogP contribution in [-0.2, 0) is 0 Å². The predicted molar refractivity (Wildman–Crippen MR) is 63.0 cm³/mol. The van der Waals surface area contributed by atoms with Crippen LogP contribution in [0.1, 0.15) is 31.7 Å². The quantitative estimate of drug-likeness (QED) is 0.843. The summed E-state index contributed by atoms with van der Waals surface area (Å²) in [6, 6.07) is 0.474. The van der Waals surface area contributed by atoms with Crippen molar-refractivity contribution in [2.75, 3.05) is 5.73 Å². The Morgan fingerprint density at radius 1 is 1.18 bits per heavy atom. The number of nitrogens with two attached hydrogens (primary N) is 1. The molecule has 2 aromatic rings. The van der Waals surface area contributed by atoms with Gasteiger partial charge in [-0.05, 0) is 12.8 Å². The van der Waals surface area contributed by atoms with Crippen molar-refractivity contribution < 1.29 is 0 Å². The third-order valence-corrected chi connectivity index (χ3v) is 3.23. The van der Waals surface area contributed by atoms with Crippen LogP contribution < -0.4 is 5.73 Å². The van der Waals surface area contributed by atoms with Crippen LogP contribution in [0.5, 0.6) is 0 Å². The average molecular weight is 230 g/mol. The molecule has 2 heterocycles. The monoisotopic (exact) mass is 230 g/mol. The molecule has 1 saturated carbocycles. The molecule has 3 rings (SSSR count). The van der Waals surface area contributed by atoms with Crippen molar-refractivity contribution in [3.05, 3.63) is 18.7 Å². The Morgan fingerprint density at radius 3 is 2.71 bits per heavy atom. The first-order valence-corrected chi connectivity index (χ1v) is 5.82. The summed E-state index contributed by atoms with van der Waals surface area (Å²) < 4.78 is 2.08. The Bertz CT molecular complexity index is 514. The second kappa shape index (κ2) is 4.12. The maximum atomic E-state index is 5.82. The molecule has 1 aliphatic carbocycles. The van der Waals surface area contributed by atoms with Gasteiger partial charge in [0.2, 0.25) is 0 Å². The van der Waals surface area contributed by atoms with E-state index in [9.17, 15) is 0 Å². The van der Waals surface area contributed by atoms with E-state index < -0.39 is 0 Å². The SMILES string of the molecule is Nc1nccnc1-c1nncn1C1CCCC1. The van der Waals surface area contributed by atoms with Crippen molar-refractivity contribution in [2.45, 2.75) is 31.7 Å². The average Bonchev–Trinajstić information content (AvgIpc) is 3.00. The summed E-state index contributed by atoms with van der Waals surface area (Å²) in [6.45, 7) is 0. The molecule has 0 radical (unpaired) electrons. The minimum Gasteiger partial charge on any atom is -0.382 e. The smallest absolute Gasteiger partial charge is 0.186 e. The van der Waals surface area contributed by atoms with Crippen molar-refractivity contribution in [3.63, 3.8) is 0 Å². The minimum absolute atomic E-state index is 0.403. The Morgan fingerprint density at radius 2 is 1.94 bits per heavy atom. The molecule has 0 aliphatic heterocycles. The van der Waals surface area contributed by atoms with Gasteiger partial charge in [0.15, 0.2) is 11.6 Å². The molecule has 0 aromatic carbocycles. The second-order valence-electron chi connectivity index (χ2n) is 4.29. The first-order chi connectivity index (χ1) is 8.36. The van der Waals surface area contributed by atoms with Crippen LogP contribution in [0.2, 0.25) is 0 Å². The summed E-state index contributed by atoms with van der Waals surface area (Å²) in [5.41, 5.74) is 6.45. The van der Waals surface area contributed by atoms with Crippen molar-refractivity contribution in [1.29, 1.82) is 0 Å². The summed E-state index contributed by atoms with van der Waals surface area (Å²) >= 11 is 0. The van der Waals surface area contributed by atoms with Crippen LogP contribution in [0.4, 0.5) is 5.82 Å². The van der Waals surface area contributed by atoms with Gasteiger partial charge in [0.05, 0.1) is 0 Å². The summed E-state index contributed by atoms with van der Waals surface area (Å²) in [4.78, 5) is 8.28. The normalized spacial score (nSPS) is 16.5. The van der Waals surface area contributed by atoms with Gasteiger partial charge >= 0.3 is 0 Å². The highest BCUT2D eigenvalue weighted by Gasteiger charge is 2.22. The molecule has 88 valence electrons. The second-order valence-corrected chi connectivity index (χ2v) is 4.29. The lowest BCUT2D eigenvalue weighted by atomic mass is 10.2. The highest BCUT2D eigenvalue weighted by molar-refractivity contribution is 5.62. The number of anilines is 1. The summed E-state index contributed by atoms with van der Waals surface area (Å²) in [5, 5.41) is 8.10. The van der Waals surface area contributed by atoms with E-state index in [0.717, 1.165) is 5.82 Å². The number of rotatable bonds is 2. The summed E-state index contributed by atoms with van der Waals surface area (Å²) in [5.74, 6) is 1.13. The van der Waals surface area contributed by atoms with Gasteiger partial charge in [-0.3, -0.25) is 0 Å². The fraction of sp³-hybridized carbons (Fsp3) is 0.455. The van der Waals surface area contributed by atoms with E-state index in [1.54, 1.807) is 18.7 Å². The van der Waals surface area contributed by atoms with Gasteiger partial charge in [-0.25, -0.2) is 9.97 Å². The van der Waals surface area contributed by atoms with Crippen molar-refractivity contribution in [1.82, 2.24) is 24.7 Å². The van der Waals surface area contributed by atoms with E-state index in [-0.39, 0.29) is 0 Å². The van der Waals surface area contributed by atoms with Gasteiger partial charge < -0.3 is 10.3 Å². The number of nitrogen functional groups attached to an aromatic ring is 1. The molecule has 6 nitrogen and oxygen atoms in total. The maximum Gasteiger partial charge on any atom is 0.186 e. The van der Waals surface area contributed by atoms with Gasteiger partial charge in [-0.2, -0.15) is 0 Å². The van der Waals surface area contributed by atoms with Crippen LogP contribution >= 0.6 is 0 Å². The van der Waals surface area contributed by atoms with Gasteiger partial charge in [0.1, 0.15) is 12.0 Å². The summed E-state index contributed by atoms with van der Waals surface area (Å²) in [6.07, 6.45) is 9.83. The van der Waals surface area contributed by atoms with Crippen molar-refractivity contribution in [3.8, 4) is 11.5 Å². The third-order valence-electron chi connectivity index (χ3n) is 3.23. The molecule has 0 saturated heterocycles. The topological polar surface area (TPSA) is 82.5 Å². The largest absolute Gasteiger partial charge is 0.382 e. The minimum atomic E-state index is 0.403. The van der Waals surface area contributed by atoms with Crippen LogP contribution in [0.15, 0.2) is 18.7 Å². The van der Waals surface area contributed by atoms with Gasteiger partial charge in [-0.1, -0.05) is 12.8 Å². The van der Waals surface area contributed by atoms with E-state index in [1.807, 2.05) is 0 Å². The molecule has 1 aliphatic rings. The fourth-order valence-electron chi connectivity index (χ4n) is 2.38. The summed E-state index contributed by atoms with van der Waals surface area (Å²) in [7, 11) is 0. The van der Waals surface area contributed by atoms with E-state index >= 15 is 0 Å². The third kappa shape index (κ3) is 1.75. The van der Waals surface area contributed by atoms with Crippen LogP contribution in [0.25, 0.3) is 11.5 Å². The lowest BCUT2D eigenvalue weighted by molar-refractivity contribution is 0.521. The highest BCUT2D eigenvalue weighted by atomic mass is 15.3. The Labute approximate surface area is 98.9 Å². The van der Waals surface area contributed by atoms with Gasteiger partial charge in [-0.15, -0.1) is 10.2 Å². The maximum absolute atomic E-state index is 5.82. The molecule has 0 amide bonds. The number of hydrogen-bond acceptors (Lipinski definition) is 5. The van der Waals surface area contributed by atoms with E-state index in [4.69, 9.17) is 5.73 Å². The molecule has 0 spiro atoms. The van der Waals surface area contributed by atoms with Gasteiger partial charge in [0.25, 0.3) is 0 Å². The Kier molecular flexibility index (Phi) is 2.47. The lowest BCUT2D eigenvalue weighted by Crippen LogP contribution is -2.08. The van der Waals surface area contributed by atoms with E-state index in [0.29, 0.717) is 17.6 Å². The number of hydrogen-bond donors (Lipinski definition) is 1. The molecule has 0 unspecified atom stereocenters. The van der Waals surface area contributed by atoms with Gasteiger partial charge in [0, 0.05) is 18.4 Å². The Balaban J connectivity index is 2.04. The zero-order chi connectivity index (χ0) is 11.7. The molecule has 0 bridgehead atoms. The first-order valence-electron chi connectivity index (χ1n) is 5.82. The number of aromatic nitrogens is 5. The first kappa shape index (κ1) is 10.2. The van der Waals surface area contributed by atoms with Crippen LogP contribution in [0.3, 0.4) is 0 Å². The van der Waals surface area contributed by atoms with E-state index in [1.165, 1.54) is 25.7 Å². The molecule has 2 N–H and O–H groups in total. The molecule has 0 atom stereocenters. The molecule has 17 heavy (non-hydrogen) atoms. The van der Waals surface area contributed by atoms with Crippen LogP contribution in [-0.4, -0.2) is 24.7 Å². The molecular formula is C11H14N6. The fourth-order valence-corrected chi connectivity index (χ4v) is 2.38. The van der Waals surface area contributed by atoms with Crippen molar-refractivity contribution >= 4 is 5.82 Å². The zero-order valence-corrected chi connectivity index (χ0v) is 9.45. The molecule has 6 heteroatoms. The van der Waals surface area contributed by atoms with E-state index in [2.05, 4.69) is 24.7 Å². The molecular weight excluding hydrogens is 216 g/mol. The lowest BCUT2D eigenvalue weighted by Gasteiger charge is -2.13. The predicted octanol–water partition coefficient (Wildman–Crippen LogP) is 1.43. The Hall–Kier alpha value is -1.98. The standard InChI is InChI=1S/C11H14N6/c12-10-9(13-5-6-14-10)11-16-15-7-17(11)8-3-1-2-4-8/h5-8H,1-4H2,(H2,12,14). The molecule has 2 aromatic heterocycles. The van der Waals surface area contributed by atoms with Crippen LogP contribution in [0, 0.1) is 0 Å². The molecule has 1 fully saturated rings. The number of nitrogens with zero attached hydrogens (tertiary/aromatic N) is 5. The highest BCUT2D eigenvalue weighted by Crippen LogP contribution is 2.32.